The van der Waals surface area contributed by atoms with E-state index in [1.165, 1.54) is 10.9 Å². The number of likely N-dealkylation sites (tertiary alicyclic amines) is 1. The maximum Gasteiger partial charge on any atom is 0.410 e. The van der Waals surface area contributed by atoms with Crippen LogP contribution in [0.15, 0.2) is 36.5 Å². The van der Waals surface area contributed by atoms with E-state index in [9.17, 15) is 4.79 Å². The largest absolute Gasteiger partial charge is 0.444 e. The first-order valence-electron chi connectivity index (χ1n) is 8.88. The number of carbonyl (C=O) groups excluding carboxylic acids is 1. The van der Waals surface area contributed by atoms with Crippen LogP contribution in [0.1, 0.15) is 38.8 Å². The Labute approximate surface area is 149 Å². The normalized spacial score (nSPS) is 19.2. The molecule has 1 N–H and O–H groups in total. The van der Waals surface area contributed by atoms with Crippen molar-refractivity contribution in [2.24, 2.45) is 5.92 Å². The predicted molar refractivity (Wildman–Crippen MR) is 99.5 cm³/mol. The number of carbonyl (C=O) groups is 1. The van der Waals surface area contributed by atoms with Gasteiger partial charge in [-0.15, -0.1) is 0 Å². The summed E-state index contributed by atoms with van der Waals surface area (Å²) in [6.07, 6.45) is 2.56. The van der Waals surface area contributed by atoms with Gasteiger partial charge in [-0.2, -0.15) is 0 Å². The molecule has 1 aliphatic rings. The molecule has 2 unspecified atom stereocenters. The van der Waals surface area contributed by atoms with Gasteiger partial charge in [0.2, 0.25) is 0 Å². The first-order chi connectivity index (χ1) is 11.9. The van der Waals surface area contributed by atoms with Crippen LogP contribution in [0.5, 0.6) is 0 Å². The summed E-state index contributed by atoms with van der Waals surface area (Å²) in [5.41, 5.74) is 1.78. The molecular weight excluding hydrogens is 314 g/mol. The number of benzene rings is 1. The second-order valence-electron chi connectivity index (χ2n) is 7.66. The van der Waals surface area contributed by atoms with Gasteiger partial charge < -0.3 is 15.0 Å². The highest BCUT2D eigenvalue weighted by atomic mass is 16.6. The van der Waals surface area contributed by atoms with Gasteiger partial charge >= 0.3 is 6.09 Å². The van der Waals surface area contributed by atoms with Crippen molar-refractivity contribution >= 4 is 17.0 Å². The Hall–Kier alpha value is -2.14. The zero-order chi connectivity index (χ0) is 18.0. The number of pyridine rings is 1. The Kier molecular flexibility index (Phi) is 4.95. The van der Waals surface area contributed by atoms with Crippen LogP contribution in [0.3, 0.4) is 0 Å². The molecule has 0 spiro atoms. The van der Waals surface area contributed by atoms with Gasteiger partial charge in [-0.3, -0.25) is 4.98 Å². The molecule has 25 heavy (non-hydrogen) atoms. The number of hydrogen-bond donors (Lipinski definition) is 1. The van der Waals surface area contributed by atoms with Gasteiger partial charge in [-0.1, -0.05) is 18.2 Å². The van der Waals surface area contributed by atoms with Crippen LogP contribution in [0.4, 0.5) is 4.79 Å². The number of fused-ring (bicyclic) bond motifs is 1. The van der Waals surface area contributed by atoms with Crippen molar-refractivity contribution in [3.05, 3.63) is 42.1 Å². The highest BCUT2D eigenvalue weighted by Crippen LogP contribution is 2.33. The molecule has 2 heterocycles. The average molecular weight is 341 g/mol. The van der Waals surface area contributed by atoms with Gasteiger partial charge in [0.15, 0.2) is 0 Å². The maximum atomic E-state index is 12.3. The van der Waals surface area contributed by atoms with Crippen LogP contribution >= 0.6 is 0 Å². The van der Waals surface area contributed by atoms with E-state index in [1.54, 1.807) is 0 Å². The molecule has 0 radical (unpaired) electrons. The lowest BCUT2D eigenvalue weighted by Gasteiger charge is -2.27. The third kappa shape index (κ3) is 3.93. The average Bonchev–Trinajstić information content (AvgIpc) is 3.04. The zero-order valence-corrected chi connectivity index (χ0v) is 15.5. The second kappa shape index (κ2) is 7.00. The molecule has 1 aromatic carbocycles. The molecule has 134 valence electrons. The monoisotopic (exact) mass is 341 g/mol. The van der Waals surface area contributed by atoms with E-state index in [0.29, 0.717) is 12.5 Å². The van der Waals surface area contributed by atoms with E-state index < -0.39 is 5.60 Å². The van der Waals surface area contributed by atoms with Crippen molar-refractivity contribution in [1.82, 2.24) is 15.2 Å². The summed E-state index contributed by atoms with van der Waals surface area (Å²) in [5, 5.41) is 4.62. The van der Waals surface area contributed by atoms with Crippen LogP contribution in [-0.4, -0.2) is 41.7 Å². The fourth-order valence-electron chi connectivity index (χ4n) is 3.60. The first kappa shape index (κ1) is 17.7. The quantitative estimate of drug-likeness (QED) is 0.924. The van der Waals surface area contributed by atoms with E-state index in [-0.39, 0.29) is 12.1 Å². The van der Waals surface area contributed by atoms with Crippen LogP contribution < -0.4 is 5.32 Å². The number of aromatic nitrogens is 1. The molecule has 0 saturated carbocycles. The summed E-state index contributed by atoms with van der Waals surface area (Å²) in [4.78, 5) is 18.6. The Morgan fingerprint density at radius 3 is 2.84 bits per heavy atom. The number of ether oxygens (including phenoxy) is 1. The molecule has 1 fully saturated rings. The highest BCUT2D eigenvalue weighted by Gasteiger charge is 2.34. The molecule has 2 atom stereocenters. The van der Waals surface area contributed by atoms with Crippen molar-refractivity contribution < 1.29 is 9.53 Å². The topological polar surface area (TPSA) is 54.5 Å². The Balaban J connectivity index is 1.79. The minimum Gasteiger partial charge on any atom is -0.444 e. The Morgan fingerprint density at radius 2 is 2.12 bits per heavy atom. The van der Waals surface area contributed by atoms with Crippen molar-refractivity contribution in [2.45, 2.75) is 38.8 Å². The molecule has 2 aromatic rings. The molecule has 0 bridgehead atoms. The molecular formula is C20H27N3O2. The lowest BCUT2D eigenvalue weighted by atomic mass is 9.90. The molecule has 5 nitrogen and oxygen atoms in total. The Morgan fingerprint density at radius 1 is 1.32 bits per heavy atom. The lowest BCUT2D eigenvalue weighted by Crippen LogP contribution is -2.36. The third-order valence-electron chi connectivity index (χ3n) is 4.67. The first-order valence-corrected chi connectivity index (χ1v) is 8.88. The molecule has 1 aliphatic heterocycles. The Bertz CT molecular complexity index is 749. The number of amides is 1. The van der Waals surface area contributed by atoms with Crippen LogP contribution in [0.2, 0.25) is 0 Å². The van der Waals surface area contributed by atoms with Crippen LogP contribution in [0, 0.1) is 5.92 Å². The van der Waals surface area contributed by atoms with Gasteiger partial charge in [0.1, 0.15) is 5.60 Å². The van der Waals surface area contributed by atoms with Crippen molar-refractivity contribution in [2.75, 3.05) is 20.1 Å². The van der Waals surface area contributed by atoms with Gasteiger partial charge in [0.25, 0.3) is 0 Å². The summed E-state index contributed by atoms with van der Waals surface area (Å²) in [6, 6.07) is 10.5. The molecule has 0 aliphatic carbocycles. The van der Waals surface area contributed by atoms with Crippen molar-refractivity contribution in [3.8, 4) is 0 Å². The molecule has 1 amide bonds. The van der Waals surface area contributed by atoms with Crippen molar-refractivity contribution in [3.63, 3.8) is 0 Å². The summed E-state index contributed by atoms with van der Waals surface area (Å²) >= 11 is 0. The molecule has 1 aromatic heterocycles. The van der Waals surface area contributed by atoms with Crippen LogP contribution in [-0.2, 0) is 4.74 Å². The summed E-state index contributed by atoms with van der Waals surface area (Å²) < 4.78 is 5.52. The molecule has 5 heteroatoms. The maximum absolute atomic E-state index is 12.3. The van der Waals surface area contributed by atoms with Gasteiger partial charge in [0.05, 0.1) is 5.52 Å². The third-order valence-corrected chi connectivity index (χ3v) is 4.67. The summed E-state index contributed by atoms with van der Waals surface area (Å²) in [6.45, 7) is 7.14. The fourth-order valence-corrected chi connectivity index (χ4v) is 3.60. The molecule has 3 rings (SSSR count). The van der Waals surface area contributed by atoms with Gasteiger partial charge in [-0.05, 0) is 57.9 Å². The number of hydrogen-bond acceptors (Lipinski definition) is 4. The van der Waals surface area contributed by atoms with E-state index in [1.807, 2.05) is 51.0 Å². The smallest absolute Gasteiger partial charge is 0.410 e. The lowest BCUT2D eigenvalue weighted by molar-refractivity contribution is 0.0285. The summed E-state index contributed by atoms with van der Waals surface area (Å²) in [5.74, 6) is 0.350. The SMILES string of the molecule is CNC(c1cccc2ncccc12)C1CCN(C(=O)OC(C)(C)C)C1. The second-order valence-corrected chi connectivity index (χ2v) is 7.66. The van der Waals surface area contributed by atoms with Crippen LogP contribution in [0.25, 0.3) is 10.9 Å². The minimum absolute atomic E-state index is 0.181. The highest BCUT2D eigenvalue weighted by molar-refractivity contribution is 5.82. The number of rotatable bonds is 3. The van der Waals surface area contributed by atoms with Gasteiger partial charge in [-0.25, -0.2) is 4.79 Å². The summed E-state index contributed by atoms with van der Waals surface area (Å²) in [7, 11) is 1.98. The van der Waals surface area contributed by atoms with Gasteiger partial charge in [0, 0.05) is 30.7 Å². The minimum atomic E-state index is -0.459. The standard InChI is InChI=1S/C20H27N3O2/c1-20(2,3)25-19(24)23-12-10-14(13-23)18(21-4)16-7-5-9-17-15(16)8-6-11-22-17/h5-9,11,14,18,21H,10,12-13H2,1-4H3. The van der Waals surface area contributed by atoms with Crippen molar-refractivity contribution in [1.29, 1.82) is 0 Å². The molecule has 1 saturated heterocycles. The van der Waals surface area contributed by atoms with E-state index in [0.717, 1.165) is 18.5 Å². The van der Waals surface area contributed by atoms with E-state index in [2.05, 4.69) is 28.5 Å². The number of nitrogens with one attached hydrogen (secondary N) is 1. The predicted octanol–water partition coefficient (Wildman–Crippen LogP) is 3.75. The van der Waals surface area contributed by atoms with E-state index >= 15 is 0 Å². The van der Waals surface area contributed by atoms with E-state index in [4.69, 9.17) is 4.74 Å². The zero-order valence-electron chi connectivity index (χ0n) is 15.5. The fraction of sp³-hybridized carbons (Fsp3) is 0.500. The number of nitrogens with zero attached hydrogens (tertiary/aromatic N) is 2.